The average molecular weight is 781 g/mol. The Morgan fingerprint density at radius 2 is 1.02 bits per heavy atom. The van der Waals surface area contributed by atoms with Gasteiger partial charge in [0.05, 0.1) is 39.3 Å². The van der Waals surface area contributed by atoms with Crippen molar-refractivity contribution < 1.29 is 0 Å². The third kappa shape index (κ3) is 6.86. The van der Waals surface area contributed by atoms with Crippen LogP contribution < -0.4 is 0 Å². The highest BCUT2D eigenvalue weighted by Crippen LogP contribution is 2.35. The van der Waals surface area contributed by atoms with E-state index in [1.807, 2.05) is 54.9 Å². The summed E-state index contributed by atoms with van der Waals surface area (Å²) in [5.74, 6) is 0.665. The van der Waals surface area contributed by atoms with Crippen molar-refractivity contribution in [2.75, 3.05) is 0 Å². The largest absolute Gasteiger partial charge is 0.264 e. The van der Waals surface area contributed by atoms with Crippen LogP contribution >= 0.6 is 0 Å². The lowest BCUT2D eigenvalue weighted by molar-refractivity contribution is 1.18. The molecule has 0 fully saturated rings. The fourth-order valence-corrected chi connectivity index (χ4v) is 8.21. The van der Waals surface area contributed by atoms with Gasteiger partial charge in [-0.25, -0.2) is 19.9 Å². The lowest BCUT2D eigenvalue weighted by atomic mass is 9.98. The molecule has 6 heteroatoms. The van der Waals surface area contributed by atoms with Gasteiger partial charge in [-0.2, -0.15) is 0 Å². The molecule has 6 aromatic carbocycles. The zero-order valence-corrected chi connectivity index (χ0v) is 33.2. The molecular formula is C55H36N6. The molecule has 0 saturated carbocycles. The van der Waals surface area contributed by atoms with Crippen LogP contribution in [0, 0.1) is 6.92 Å². The summed E-state index contributed by atoms with van der Waals surface area (Å²) in [4.78, 5) is 29.6. The summed E-state index contributed by atoms with van der Waals surface area (Å²) in [6.45, 7) is 2.14. The number of pyridine rings is 4. The Bertz CT molecular complexity index is 3420. The second-order valence-electron chi connectivity index (χ2n) is 15.2. The summed E-state index contributed by atoms with van der Waals surface area (Å²) < 4.78 is 0. The number of aromatic nitrogens is 6. The summed E-state index contributed by atoms with van der Waals surface area (Å²) in [7, 11) is 0. The van der Waals surface area contributed by atoms with Crippen LogP contribution in [0.2, 0.25) is 0 Å². The summed E-state index contributed by atoms with van der Waals surface area (Å²) in [5.41, 5.74) is 16.8. The first-order valence-corrected chi connectivity index (χ1v) is 20.3. The minimum Gasteiger partial charge on any atom is -0.264 e. The fourth-order valence-electron chi connectivity index (χ4n) is 8.21. The predicted octanol–water partition coefficient (Wildman–Crippen LogP) is 13.5. The lowest BCUT2D eigenvalue weighted by Gasteiger charge is -2.12. The molecule has 0 aliphatic heterocycles. The number of fused-ring (bicyclic) bond motifs is 4. The second-order valence-corrected chi connectivity index (χ2v) is 15.2. The van der Waals surface area contributed by atoms with Crippen molar-refractivity contribution in [3.63, 3.8) is 0 Å². The van der Waals surface area contributed by atoms with E-state index in [-0.39, 0.29) is 0 Å². The molecular weight excluding hydrogens is 745 g/mol. The Balaban J connectivity index is 0.951. The van der Waals surface area contributed by atoms with E-state index in [0.29, 0.717) is 5.82 Å². The van der Waals surface area contributed by atoms with E-state index in [1.165, 1.54) is 0 Å². The van der Waals surface area contributed by atoms with E-state index in [1.54, 1.807) is 6.20 Å². The van der Waals surface area contributed by atoms with Crippen LogP contribution in [-0.4, -0.2) is 29.9 Å². The Morgan fingerprint density at radius 1 is 0.361 bits per heavy atom. The smallest absolute Gasteiger partial charge is 0.160 e. The predicted molar refractivity (Wildman–Crippen MR) is 249 cm³/mol. The fraction of sp³-hybridized carbons (Fsp3) is 0.0182. The van der Waals surface area contributed by atoms with Gasteiger partial charge in [-0.15, -0.1) is 0 Å². The molecule has 0 aliphatic carbocycles. The van der Waals surface area contributed by atoms with Crippen LogP contribution in [0.15, 0.2) is 201 Å². The molecule has 0 atom stereocenters. The van der Waals surface area contributed by atoms with Gasteiger partial charge in [0.1, 0.15) is 0 Å². The van der Waals surface area contributed by atoms with Gasteiger partial charge in [0.25, 0.3) is 0 Å². The SMILES string of the molecule is Cc1cc(-c2ccc(-c3cccc(-c4nc(-c5ccccc5)cc(-c5cccc(-c6ccnc7ccccc67)c5)n4)c3)cc2)nc2c1ccc1ccc(-c3cccnc3)nc12. The van der Waals surface area contributed by atoms with Gasteiger partial charge in [0.15, 0.2) is 5.82 Å². The van der Waals surface area contributed by atoms with Crippen molar-refractivity contribution in [3.8, 4) is 78.7 Å². The molecule has 0 unspecified atom stereocenters. The normalized spacial score (nSPS) is 11.4. The topological polar surface area (TPSA) is 77.3 Å². The van der Waals surface area contributed by atoms with Crippen LogP contribution in [0.5, 0.6) is 0 Å². The van der Waals surface area contributed by atoms with Gasteiger partial charge in [-0.1, -0.05) is 127 Å². The summed E-state index contributed by atoms with van der Waals surface area (Å²) in [5, 5.41) is 3.26. The highest BCUT2D eigenvalue weighted by Gasteiger charge is 2.15. The molecule has 0 saturated heterocycles. The Hall–Kier alpha value is -8.22. The standard InChI is InChI=1S/C55H36N6/c1-35-30-50(59-54-45(35)25-23-39-24-26-48(58-53(39)54)44-16-9-28-56-34-44)38-21-19-36(20-22-38)40-12-7-15-43(31-40)55-60-51(37-10-3-2-4-11-37)33-52(61-55)42-14-8-13-41(32-42)46-27-29-57-49-18-6-5-17-47(46)49/h2-34H,1H3. The van der Waals surface area contributed by atoms with Gasteiger partial charge < -0.3 is 0 Å². The lowest BCUT2D eigenvalue weighted by Crippen LogP contribution is -1.96. The van der Waals surface area contributed by atoms with Crippen LogP contribution in [0.1, 0.15) is 5.56 Å². The Morgan fingerprint density at radius 3 is 1.87 bits per heavy atom. The molecule has 11 aromatic rings. The number of hydrogen-bond donors (Lipinski definition) is 0. The summed E-state index contributed by atoms with van der Waals surface area (Å²) in [6.07, 6.45) is 5.50. The third-order valence-electron chi connectivity index (χ3n) is 11.4. The van der Waals surface area contributed by atoms with E-state index < -0.39 is 0 Å². The van der Waals surface area contributed by atoms with Crippen LogP contribution in [0.3, 0.4) is 0 Å². The van der Waals surface area contributed by atoms with E-state index in [0.717, 1.165) is 111 Å². The van der Waals surface area contributed by atoms with Gasteiger partial charge in [0.2, 0.25) is 0 Å². The van der Waals surface area contributed by atoms with Gasteiger partial charge in [0, 0.05) is 62.6 Å². The first-order valence-electron chi connectivity index (χ1n) is 20.3. The van der Waals surface area contributed by atoms with Gasteiger partial charge in [-0.05, 0) is 89.3 Å². The second kappa shape index (κ2) is 15.2. The molecule has 0 bridgehead atoms. The Kier molecular flexibility index (Phi) is 8.94. The van der Waals surface area contributed by atoms with Crippen molar-refractivity contribution in [1.29, 1.82) is 0 Å². The van der Waals surface area contributed by atoms with E-state index in [2.05, 4.69) is 156 Å². The molecule has 61 heavy (non-hydrogen) atoms. The quantitative estimate of drug-likeness (QED) is 0.150. The van der Waals surface area contributed by atoms with Gasteiger partial charge in [-0.3, -0.25) is 9.97 Å². The molecule has 0 radical (unpaired) electrons. The monoisotopic (exact) mass is 780 g/mol. The molecule has 11 rings (SSSR count). The number of para-hydroxylation sites is 1. The maximum absolute atomic E-state index is 5.23. The van der Waals surface area contributed by atoms with Crippen molar-refractivity contribution in [1.82, 2.24) is 29.9 Å². The maximum Gasteiger partial charge on any atom is 0.160 e. The first kappa shape index (κ1) is 35.9. The van der Waals surface area contributed by atoms with E-state index in [4.69, 9.17) is 19.9 Å². The molecule has 0 N–H and O–H groups in total. The van der Waals surface area contributed by atoms with E-state index in [9.17, 15) is 0 Å². The molecule has 5 aromatic heterocycles. The Labute approximate surface area is 353 Å². The van der Waals surface area contributed by atoms with E-state index >= 15 is 0 Å². The minimum atomic E-state index is 0.665. The van der Waals surface area contributed by atoms with Crippen molar-refractivity contribution in [3.05, 3.63) is 206 Å². The zero-order valence-electron chi connectivity index (χ0n) is 33.2. The average Bonchev–Trinajstić information content (AvgIpc) is 3.34. The number of rotatable bonds is 7. The molecule has 6 nitrogen and oxygen atoms in total. The molecule has 5 heterocycles. The number of nitrogens with zero attached hydrogens (tertiary/aromatic N) is 6. The maximum atomic E-state index is 5.23. The third-order valence-corrected chi connectivity index (χ3v) is 11.4. The molecule has 0 spiro atoms. The summed E-state index contributed by atoms with van der Waals surface area (Å²) in [6, 6.07) is 63.0. The summed E-state index contributed by atoms with van der Waals surface area (Å²) >= 11 is 0. The van der Waals surface area contributed by atoms with Crippen molar-refractivity contribution in [2.24, 2.45) is 0 Å². The van der Waals surface area contributed by atoms with Crippen LogP contribution in [0.25, 0.3) is 111 Å². The highest BCUT2D eigenvalue weighted by atomic mass is 14.9. The number of benzene rings is 6. The molecule has 0 aliphatic rings. The van der Waals surface area contributed by atoms with Gasteiger partial charge >= 0.3 is 0 Å². The number of aryl methyl sites for hydroxylation is 1. The molecule has 286 valence electrons. The number of hydrogen-bond acceptors (Lipinski definition) is 6. The molecule has 0 amide bonds. The van der Waals surface area contributed by atoms with Crippen LogP contribution in [0.4, 0.5) is 0 Å². The highest BCUT2D eigenvalue weighted by molar-refractivity contribution is 6.05. The van der Waals surface area contributed by atoms with Crippen molar-refractivity contribution >= 4 is 32.7 Å². The first-order chi connectivity index (χ1) is 30.1. The van der Waals surface area contributed by atoms with Crippen LogP contribution in [-0.2, 0) is 0 Å². The van der Waals surface area contributed by atoms with Crippen molar-refractivity contribution in [2.45, 2.75) is 6.92 Å². The minimum absolute atomic E-state index is 0.665. The zero-order chi connectivity index (χ0) is 40.7.